The lowest BCUT2D eigenvalue weighted by molar-refractivity contribution is -0.130. The molecule has 0 unspecified atom stereocenters. The molecule has 2 heterocycles. The molecular formula is C16H22N2O2. The second kappa shape index (κ2) is 5.83. The lowest BCUT2D eigenvalue weighted by Crippen LogP contribution is -2.42. The van der Waals surface area contributed by atoms with E-state index in [1.165, 1.54) is 18.4 Å². The summed E-state index contributed by atoms with van der Waals surface area (Å²) in [5, 5.41) is 3.20. The first-order chi connectivity index (χ1) is 9.75. The molecule has 0 aromatic carbocycles. The van der Waals surface area contributed by atoms with Gasteiger partial charge in [-0.2, -0.15) is 0 Å². The summed E-state index contributed by atoms with van der Waals surface area (Å²) >= 11 is 0. The molecule has 1 saturated carbocycles. The molecule has 0 bridgehead atoms. The summed E-state index contributed by atoms with van der Waals surface area (Å²) in [6, 6.07) is 4.20. The van der Waals surface area contributed by atoms with Gasteiger partial charge in [-0.25, -0.2) is 0 Å². The van der Waals surface area contributed by atoms with Crippen LogP contribution in [0.25, 0.3) is 0 Å². The molecule has 1 aromatic heterocycles. The molecule has 0 spiro atoms. The van der Waals surface area contributed by atoms with Gasteiger partial charge in [-0.1, -0.05) is 12.8 Å². The van der Waals surface area contributed by atoms with Crippen LogP contribution in [0.1, 0.15) is 38.4 Å². The zero-order chi connectivity index (χ0) is 13.9. The number of furan rings is 1. The highest BCUT2D eigenvalue weighted by Crippen LogP contribution is 2.27. The standard InChI is InChI=1S/C16H22N2O2/c1-12(13-9-17-10-13)16(19)18(14-5-2-3-6-14)11-15-7-4-8-20-15/h4,7-8,14,17H,2-3,5-6,9-11H2,1H3. The van der Waals surface area contributed by atoms with Gasteiger partial charge in [0.05, 0.1) is 12.8 Å². The van der Waals surface area contributed by atoms with Gasteiger partial charge in [-0.05, 0) is 37.5 Å². The van der Waals surface area contributed by atoms with Gasteiger partial charge in [-0.15, -0.1) is 0 Å². The molecule has 2 fully saturated rings. The quantitative estimate of drug-likeness (QED) is 0.858. The predicted octanol–water partition coefficient (Wildman–Crippen LogP) is 2.47. The molecule has 3 rings (SSSR count). The fourth-order valence-electron chi connectivity index (χ4n) is 3.03. The number of carbonyl (C=O) groups excluding carboxylic acids is 1. The lowest BCUT2D eigenvalue weighted by atomic mass is 10.0. The van der Waals surface area contributed by atoms with Crippen LogP contribution < -0.4 is 5.32 Å². The summed E-state index contributed by atoms with van der Waals surface area (Å²) in [5.74, 6) is 1.06. The third-order valence-corrected chi connectivity index (χ3v) is 4.46. The van der Waals surface area contributed by atoms with E-state index < -0.39 is 0 Å². The van der Waals surface area contributed by atoms with Crippen LogP contribution in [0.5, 0.6) is 0 Å². The Balaban J connectivity index is 1.78. The normalized spacial score (nSPS) is 18.9. The first-order valence-electron chi connectivity index (χ1n) is 7.48. The molecule has 1 aliphatic carbocycles. The van der Waals surface area contributed by atoms with Crippen LogP contribution in [0, 0.1) is 0 Å². The van der Waals surface area contributed by atoms with Crippen molar-refractivity contribution < 1.29 is 9.21 Å². The van der Waals surface area contributed by atoms with Gasteiger partial charge < -0.3 is 14.6 Å². The zero-order valence-electron chi connectivity index (χ0n) is 12.0. The molecule has 1 aromatic rings. The molecule has 4 heteroatoms. The maximum Gasteiger partial charge on any atom is 0.250 e. The predicted molar refractivity (Wildman–Crippen MR) is 77.1 cm³/mol. The first-order valence-corrected chi connectivity index (χ1v) is 7.48. The van der Waals surface area contributed by atoms with E-state index in [0.717, 1.165) is 37.3 Å². The molecule has 0 radical (unpaired) electrons. The molecule has 0 atom stereocenters. The summed E-state index contributed by atoms with van der Waals surface area (Å²) in [4.78, 5) is 14.8. The maximum atomic E-state index is 12.8. The smallest absolute Gasteiger partial charge is 0.250 e. The van der Waals surface area contributed by atoms with Gasteiger partial charge >= 0.3 is 0 Å². The summed E-state index contributed by atoms with van der Waals surface area (Å²) in [6.45, 7) is 4.27. The minimum atomic E-state index is 0.185. The fourth-order valence-corrected chi connectivity index (χ4v) is 3.03. The van der Waals surface area contributed by atoms with E-state index in [1.54, 1.807) is 6.26 Å². The molecular weight excluding hydrogens is 252 g/mol. The Bertz CT molecular complexity index is 493. The molecule has 1 N–H and O–H groups in total. The Hall–Kier alpha value is -1.55. The van der Waals surface area contributed by atoms with Gasteiger partial charge in [0, 0.05) is 24.7 Å². The highest BCUT2D eigenvalue weighted by atomic mass is 16.3. The Morgan fingerprint density at radius 3 is 2.70 bits per heavy atom. The number of amides is 1. The third kappa shape index (κ3) is 2.66. The summed E-state index contributed by atoms with van der Waals surface area (Å²) < 4.78 is 5.43. The van der Waals surface area contributed by atoms with E-state index in [4.69, 9.17) is 4.42 Å². The van der Waals surface area contributed by atoms with Crippen LogP contribution in [0.3, 0.4) is 0 Å². The van der Waals surface area contributed by atoms with E-state index in [-0.39, 0.29) is 5.91 Å². The number of hydrogen-bond acceptors (Lipinski definition) is 3. The highest BCUT2D eigenvalue weighted by Gasteiger charge is 2.29. The number of hydrogen-bond donors (Lipinski definition) is 1. The summed E-state index contributed by atoms with van der Waals surface area (Å²) in [7, 11) is 0. The second-order valence-electron chi connectivity index (χ2n) is 5.78. The molecule has 1 amide bonds. The Labute approximate surface area is 119 Å². The largest absolute Gasteiger partial charge is 0.467 e. The summed E-state index contributed by atoms with van der Waals surface area (Å²) in [6.07, 6.45) is 6.36. The van der Waals surface area contributed by atoms with E-state index in [9.17, 15) is 4.79 Å². The van der Waals surface area contributed by atoms with Crippen molar-refractivity contribution in [2.75, 3.05) is 13.1 Å². The van der Waals surface area contributed by atoms with Gasteiger partial charge in [-0.3, -0.25) is 4.79 Å². The van der Waals surface area contributed by atoms with Crippen molar-refractivity contribution in [1.82, 2.24) is 10.2 Å². The Morgan fingerprint density at radius 2 is 2.15 bits per heavy atom. The van der Waals surface area contributed by atoms with Crippen molar-refractivity contribution in [3.05, 3.63) is 35.3 Å². The van der Waals surface area contributed by atoms with Crippen LogP contribution >= 0.6 is 0 Å². The van der Waals surface area contributed by atoms with E-state index in [0.29, 0.717) is 12.6 Å². The number of rotatable bonds is 4. The number of carbonyl (C=O) groups is 1. The van der Waals surface area contributed by atoms with Gasteiger partial charge in [0.25, 0.3) is 0 Å². The summed E-state index contributed by atoms with van der Waals surface area (Å²) in [5.41, 5.74) is 2.17. The van der Waals surface area contributed by atoms with Crippen LogP contribution in [-0.4, -0.2) is 29.9 Å². The van der Waals surface area contributed by atoms with Crippen molar-refractivity contribution >= 4 is 5.91 Å². The van der Waals surface area contributed by atoms with Gasteiger partial charge in [0.1, 0.15) is 5.76 Å². The zero-order valence-corrected chi connectivity index (χ0v) is 12.0. The lowest BCUT2D eigenvalue weighted by Gasteiger charge is -2.31. The van der Waals surface area contributed by atoms with E-state index in [2.05, 4.69) is 5.32 Å². The maximum absolute atomic E-state index is 12.8. The van der Waals surface area contributed by atoms with Gasteiger partial charge in [0.15, 0.2) is 0 Å². The first kappa shape index (κ1) is 13.4. The van der Waals surface area contributed by atoms with Gasteiger partial charge in [0.2, 0.25) is 5.91 Å². The van der Waals surface area contributed by atoms with Crippen LogP contribution in [0.15, 0.2) is 34.0 Å². The topological polar surface area (TPSA) is 45.5 Å². The average molecular weight is 274 g/mol. The molecule has 1 saturated heterocycles. The monoisotopic (exact) mass is 274 g/mol. The Kier molecular flexibility index (Phi) is 3.92. The molecule has 4 nitrogen and oxygen atoms in total. The van der Waals surface area contributed by atoms with Crippen molar-refractivity contribution in [3.63, 3.8) is 0 Å². The average Bonchev–Trinajstić information content (AvgIpc) is 3.05. The van der Waals surface area contributed by atoms with E-state index >= 15 is 0 Å². The van der Waals surface area contributed by atoms with Crippen molar-refractivity contribution in [1.29, 1.82) is 0 Å². The van der Waals surface area contributed by atoms with Crippen LogP contribution in [-0.2, 0) is 11.3 Å². The second-order valence-corrected chi connectivity index (χ2v) is 5.78. The highest BCUT2D eigenvalue weighted by molar-refractivity contribution is 5.94. The van der Waals surface area contributed by atoms with Crippen LogP contribution in [0.4, 0.5) is 0 Å². The molecule has 108 valence electrons. The number of nitrogens with one attached hydrogen (secondary N) is 1. The van der Waals surface area contributed by atoms with Crippen LogP contribution in [0.2, 0.25) is 0 Å². The van der Waals surface area contributed by atoms with E-state index in [1.807, 2.05) is 24.0 Å². The number of nitrogens with zero attached hydrogens (tertiary/aromatic N) is 1. The Morgan fingerprint density at radius 1 is 1.40 bits per heavy atom. The van der Waals surface area contributed by atoms with Crippen molar-refractivity contribution in [2.24, 2.45) is 0 Å². The minimum Gasteiger partial charge on any atom is -0.467 e. The third-order valence-electron chi connectivity index (χ3n) is 4.46. The molecule has 2 aliphatic rings. The van der Waals surface area contributed by atoms with Crippen molar-refractivity contribution in [3.8, 4) is 0 Å². The SMILES string of the molecule is CC(C(=O)N(Cc1ccco1)C1CCCC1)=C1CNC1. The van der Waals surface area contributed by atoms with Crippen molar-refractivity contribution in [2.45, 2.75) is 45.2 Å². The molecule has 20 heavy (non-hydrogen) atoms. The fraction of sp³-hybridized carbons (Fsp3) is 0.562. The minimum absolute atomic E-state index is 0.185. The molecule has 1 aliphatic heterocycles.